The van der Waals surface area contributed by atoms with E-state index in [2.05, 4.69) is 32.3 Å². The zero-order valence-corrected chi connectivity index (χ0v) is 17.3. The second-order valence-electron chi connectivity index (χ2n) is 9.31. The number of carbonyl (C=O) groups is 2. The number of amides is 2. The average Bonchev–Trinajstić information content (AvgIpc) is 3.42. The monoisotopic (exact) mass is 402 g/mol. The number of ether oxygens (including phenoxy) is 1. The lowest BCUT2D eigenvalue weighted by atomic mass is 9.67. The summed E-state index contributed by atoms with van der Waals surface area (Å²) < 4.78 is 5.59. The highest BCUT2D eigenvalue weighted by Gasteiger charge is 2.56. The van der Waals surface area contributed by atoms with E-state index < -0.39 is 5.41 Å². The molecule has 0 radical (unpaired) electrons. The van der Waals surface area contributed by atoms with Crippen molar-refractivity contribution < 1.29 is 14.3 Å². The lowest BCUT2D eigenvalue weighted by molar-refractivity contribution is -0.153. The molecule has 2 amide bonds. The Hall–Kier alpha value is -2.00. The standard InChI is InChI=1S/C20H30N6O3/c1-13-17(22-23-21-13)18(27)26-6-3-4-20(5-7-24(2)10-16(20)26)19(28)25-8-14-11-29-12-15(14)9-25/h14-16H,3-12H2,1-2H3,(H,21,22,23)/t14-,15+,16-,20+/m0/s1. The molecule has 0 bridgehead atoms. The lowest BCUT2D eigenvalue weighted by Gasteiger charge is -2.54. The van der Waals surface area contributed by atoms with Crippen LogP contribution in [-0.4, -0.2) is 101 Å². The zero-order valence-electron chi connectivity index (χ0n) is 17.3. The molecule has 158 valence electrons. The fourth-order valence-electron chi connectivity index (χ4n) is 5.92. The van der Waals surface area contributed by atoms with E-state index in [4.69, 9.17) is 4.74 Å². The summed E-state index contributed by atoms with van der Waals surface area (Å²) in [4.78, 5) is 33.5. The van der Waals surface area contributed by atoms with Gasteiger partial charge < -0.3 is 19.4 Å². The second kappa shape index (κ2) is 7.05. The molecule has 4 aliphatic rings. The van der Waals surface area contributed by atoms with Crippen LogP contribution in [0.25, 0.3) is 0 Å². The Morgan fingerprint density at radius 2 is 1.86 bits per heavy atom. The first-order valence-corrected chi connectivity index (χ1v) is 10.7. The summed E-state index contributed by atoms with van der Waals surface area (Å²) in [6, 6.07) is -0.122. The van der Waals surface area contributed by atoms with Gasteiger partial charge in [0.2, 0.25) is 5.91 Å². The molecule has 4 fully saturated rings. The summed E-state index contributed by atoms with van der Waals surface area (Å²) in [5, 5.41) is 10.7. The molecule has 5 rings (SSSR count). The van der Waals surface area contributed by atoms with Gasteiger partial charge in [0.15, 0.2) is 5.69 Å². The zero-order chi connectivity index (χ0) is 20.2. The maximum atomic E-state index is 13.9. The SMILES string of the molecule is Cc1n[nH]nc1C(=O)N1CCC[C@@]2(C(=O)N3C[C@H]4COC[C@H]4C3)CCN(C)C[C@H]12. The molecule has 1 aromatic rings. The number of likely N-dealkylation sites (tertiary alicyclic amines) is 3. The number of aromatic nitrogens is 3. The number of aromatic amines is 1. The first-order valence-electron chi connectivity index (χ1n) is 10.7. The number of aryl methyl sites for hydroxylation is 1. The largest absolute Gasteiger partial charge is 0.381 e. The molecule has 4 saturated heterocycles. The van der Waals surface area contributed by atoms with E-state index in [1.165, 1.54) is 0 Å². The molecule has 5 heterocycles. The summed E-state index contributed by atoms with van der Waals surface area (Å²) in [5.74, 6) is 1.08. The summed E-state index contributed by atoms with van der Waals surface area (Å²) in [7, 11) is 2.07. The molecule has 1 N–H and O–H groups in total. The minimum atomic E-state index is -0.489. The van der Waals surface area contributed by atoms with E-state index in [1.54, 1.807) is 6.92 Å². The predicted molar refractivity (Wildman–Crippen MR) is 104 cm³/mol. The number of nitrogens with zero attached hydrogens (tertiary/aromatic N) is 5. The number of fused-ring (bicyclic) bond motifs is 2. The minimum Gasteiger partial charge on any atom is -0.381 e. The van der Waals surface area contributed by atoms with Gasteiger partial charge in [-0.05, 0) is 39.8 Å². The van der Waals surface area contributed by atoms with Crippen LogP contribution in [0.15, 0.2) is 0 Å². The lowest BCUT2D eigenvalue weighted by Crippen LogP contribution is -2.66. The maximum Gasteiger partial charge on any atom is 0.276 e. The molecule has 0 spiro atoms. The van der Waals surface area contributed by atoms with Crippen LogP contribution in [0.5, 0.6) is 0 Å². The normalized spacial score (nSPS) is 34.9. The number of carbonyl (C=O) groups excluding carboxylic acids is 2. The van der Waals surface area contributed by atoms with Crippen LogP contribution in [0, 0.1) is 24.2 Å². The van der Waals surface area contributed by atoms with Crippen molar-refractivity contribution in [2.45, 2.75) is 32.2 Å². The molecule has 0 saturated carbocycles. The third-order valence-corrected chi connectivity index (χ3v) is 7.60. The van der Waals surface area contributed by atoms with E-state index in [0.29, 0.717) is 29.8 Å². The smallest absolute Gasteiger partial charge is 0.276 e. The fourth-order valence-corrected chi connectivity index (χ4v) is 5.92. The molecule has 1 aromatic heterocycles. The summed E-state index contributed by atoms with van der Waals surface area (Å²) in [6.45, 7) is 7.19. The van der Waals surface area contributed by atoms with Gasteiger partial charge in [-0.2, -0.15) is 15.4 Å². The second-order valence-corrected chi connectivity index (χ2v) is 9.31. The van der Waals surface area contributed by atoms with E-state index in [0.717, 1.165) is 58.7 Å². The van der Waals surface area contributed by atoms with Crippen molar-refractivity contribution in [2.75, 3.05) is 53.0 Å². The Morgan fingerprint density at radius 1 is 1.10 bits per heavy atom. The number of likely N-dealkylation sites (N-methyl/N-ethyl adjacent to an activating group) is 1. The van der Waals surface area contributed by atoms with Crippen LogP contribution in [0.2, 0.25) is 0 Å². The van der Waals surface area contributed by atoms with Crippen molar-refractivity contribution in [3.8, 4) is 0 Å². The van der Waals surface area contributed by atoms with Gasteiger partial charge in [0, 0.05) is 38.0 Å². The molecule has 0 aliphatic carbocycles. The number of rotatable bonds is 2. The van der Waals surface area contributed by atoms with Crippen LogP contribution in [0.1, 0.15) is 35.4 Å². The molecule has 4 aliphatic heterocycles. The van der Waals surface area contributed by atoms with Gasteiger partial charge in [-0.25, -0.2) is 0 Å². The summed E-state index contributed by atoms with van der Waals surface area (Å²) >= 11 is 0. The van der Waals surface area contributed by atoms with Gasteiger partial charge in [0.1, 0.15) is 0 Å². The molecule has 0 aromatic carbocycles. The third kappa shape index (κ3) is 2.97. The Bertz CT molecular complexity index is 800. The molecule has 29 heavy (non-hydrogen) atoms. The summed E-state index contributed by atoms with van der Waals surface area (Å²) in [5.41, 5.74) is 0.487. The van der Waals surface area contributed by atoms with E-state index >= 15 is 0 Å². The first-order chi connectivity index (χ1) is 14.0. The van der Waals surface area contributed by atoms with Gasteiger partial charge in [-0.3, -0.25) is 9.59 Å². The Balaban J connectivity index is 1.44. The topological polar surface area (TPSA) is 94.7 Å². The van der Waals surface area contributed by atoms with Crippen LogP contribution in [0.3, 0.4) is 0 Å². The van der Waals surface area contributed by atoms with Crippen molar-refractivity contribution in [2.24, 2.45) is 17.3 Å². The fraction of sp³-hybridized carbons (Fsp3) is 0.800. The van der Waals surface area contributed by atoms with Gasteiger partial charge in [0.25, 0.3) is 5.91 Å². The van der Waals surface area contributed by atoms with Gasteiger partial charge >= 0.3 is 0 Å². The Labute approximate surface area is 170 Å². The number of nitrogens with one attached hydrogen (secondary N) is 1. The highest BCUT2D eigenvalue weighted by Crippen LogP contribution is 2.45. The quantitative estimate of drug-likeness (QED) is 0.757. The van der Waals surface area contributed by atoms with E-state index in [1.807, 2.05) is 4.90 Å². The van der Waals surface area contributed by atoms with Gasteiger partial charge in [-0.1, -0.05) is 0 Å². The van der Waals surface area contributed by atoms with Gasteiger partial charge in [0.05, 0.1) is 30.4 Å². The van der Waals surface area contributed by atoms with Crippen LogP contribution >= 0.6 is 0 Å². The Kier molecular flexibility index (Phi) is 4.62. The third-order valence-electron chi connectivity index (χ3n) is 7.60. The maximum absolute atomic E-state index is 13.9. The molecule has 0 unspecified atom stereocenters. The van der Waals surface area contributed by atoms with E-state index in [-0.39, 0.29) is 17.9 Å². The van der Waals surface area contributed by atoms with Crippen molar-refractivity contribution >= 4 is 11.8 Å². The molecular weight excluding hydrogens is 372 g/mol. The highest BCUT2D eigenvalue weighted by molar-refractivity contribution is 5.94. The number of hydrogen-bond acceptors (Lipinski definition) is 6. The van der Waals surface area contributed by atoms with Crippen LogP contribution < -0.4 is 0 Å². The Morgan fingerprint density at radius 3 is 2.55 bits per heavy atom. The number of piperidine rings is 2. The number of H-pyrrole nitrogens is 1. The average molecular weight is 402 g/mol. The minimum absolute atomic E-state index is 0.111. The predicted octanol–water partition coefficient (Wildman–Crippen LogP) is 0.144. The van der Waals surface area contributed by atoms with Gasteiger partial charge in [-0.15, -0.1) is 0 Å². The first kappa shape index (κ1) is 19.0. The van der Waals surface area contributed by atoms with Crippen molar-refractivity contribution in [1.82, 2.24) is 30.1 Å². The van der Waals surface area contributed by atoms with Crippen molar-refractivity contribution in [1.29, 1.82) is 0 Å². The van der Waals surface area contributed by atoms with E-state index in [9.17, 15) is 9.59 Å². The molecule has 4 atom stereocenters. The number of hydrogen-bond donors (Lipinski definition) is 1. The van der Waals surface area contributed by atoms with Crippen LogP contribution in [-0.2, 0) is 9.53 Å². The molecule has 9 nitrogen and oxygen atoms in total. The van der Waals surface area contributed by atoms with Crippen molar-refractivity contribution in [3.63, 3.8) is 0 Å². The molecule has 9 heteroatoms. The summed E-state index contributed by atoms with van der Waals surface area (Å²) in [6.07, 6.45) is 2.50. The van der Waals surface area contributed by atoms with Crippen molar-refractivity contribution in [3.05, 3.63) is 11.4 Å². The van der Waals surface area contributed by atoms with Crippen LogP contribution in [0.4, 0.5) is 0 Å². The highest BCUT2D eigenvalue weighted by atomic mass is 16.5. The molecular formula is C20H30N6O3.